The highest BCUT2D eigenvalue weighted by Gasteiger charge is 2.49. The number of amides is 1. The topological polar surface area (TPSA) is 57.7 Å². The monoisotopic (exact) mass is 356 g/mol. The lowest BCUT2D eigenvalue weighted by Crippen LogP contribution is -2.62. The summed E-state index contributed by atoms with van der Waals surface area (Å²) < 4.78 is 24.4. The molecular weight excluding hydrogens is 336 g/mol. The average Bonchev–Trinajstić information content (AvgIpc) is 2.79. The van der Waals surface area contributed by atoms with Crippen LogP contribution in [0.15, 0.2) is 24.3 Å². The fraction of sp³-hybridized carbons (Fsp3) is 0.562. The van der Waals surface area contributed by atoms with Crippen molar-refractivity contribution in [2.45, 2.75) is 31.8 Å². The molecule has 2 fully saturated rings. The fourth-order valence-corrected chi connectivity index (χ4v) is 5.69. The number of halogens is 1. The second kappa shape index (κ2) is 6.42. The fourth-order valence-electron chi connectivity index (χ4n) is 3.53. The van der Waals surface area contributed by atoms with Crippen molar-refractivity contribution < 1.29 is 13.2 Å². The summed E-state index contributed by atoms with van der Waals surface area (Å²) in [5, 5.41) is 0.543. The molecular formula is C16H21ClN2O3S. The second-order valence-corrected chi connectivity index (χ2v) is 8.87. The largest absolute Gasteiger partial charge is 0.306 e. The zero-order chi connectivity index (χ0) is 16.6. The van der Waals surface area contributed by atoms with E-state index in [4.69, 9.17) is 11.6 Å². The molecule has 7 heteroatoms. The van der Waals surface area contributed by atoms with E-state index in [0.717, 1.165) is 19.4 Å². The van der Waals surface area contributed by atoms with E-state index in [-0.39, 0.29) is 36.0 Å². The van der Waals surface area contributed by atoms with Gasteiger partial charge < -0.3 is 4.90 Å². The zero-order valence-corrected chi connectivity index (χ0v) is 14.7. The minimum absolute atomic E-state index is 0.0263. The number of fused-ring (bicyclic) bond motifs is 1. The molecule has 2 heterocycles. The predicted octanol–water partition coefficient (Wildman–Crippen LogP) is 1.95. The normalized spacial score (nSPS) is 27.2. The molecule has 0 aliphatic carbocycles. The molecule has 0 aromatic heterocycles. The Labute approximate surface area is 142 Å². The van der Waals surface area contributed by atoms with Crippen LogP contribution in [-0.2, 0) is 14.6 Å². The Kier molecular flexibility index (Phi) is 4.67. The van der Waals surface area contributed by atoms with Crippen molar-refractivity contribution in [3.8, 4) is 0 Å². The first kappa shape index (κ1) is 16.7. The summed E-state index contributed by atoms with van der Waals surface area (Å²) in [4.78, 5) is 16.4. The van der Waals surface area contributed by atoms with Gasteiger partial charge in [0.15, 0.2) is 9.84 Å². The van der Waals surface area contributed by atoms with Crippen LogP contribution in [-0.4, -0.2) is 55.9 Å². The van der Waals surface area contributed by atoms with Gasteiger partial charge in [0.1, 0.15) is 0 Å². The van der Waals surface area contributed by atoms with Crippen LogP contribution in [0.2, 0.25) is 5.02 Å². The molecule has 23 heavy (non-hydrogen) atoms. The average molecular weight is 357 g/mol. The highest BCUT2D eigenvalue weighted by molar-refractivity contribution is 7.91. The highest BCUT2D eigenvalue weighted by Crippen LogP contribution is 2.32. The lowest BCUT2D eigenvalue weighted by molar-refractivity contribution is -0.123. The van der Waals surface area contributed by atoms with Gasteiger partial charge in [-0.1, -0.05) is 31.0 Å². The zero-order valence-electron chi connectivity index (χ0n) is 13.1. The molecule has 2 aliphatic rings. The Morgan fingerprint density at radius 3 is 2.70 bits per heavy atom. The number of carbonyl (C=O) groups excluding carboxylic acids is 1. The van der Waals surface area contributed by atoms with Crippen molar-refractivity contribution in [3.63, 3.8) is 0 Å². The summed E-state index contributed by atoms with van der Waals surface area (Å²) in [5.74, 6) is 0.103. The molecule has 0 radical (unpaired) electrons. The molecule has 1 aromatic rings. The predicted molar refractivity (Wildman–Crippen MR) is 91.6 cm³/mol. The van der Waals surface area contributed by atoms with Crippen LogP contribution in [0.25, 0.3) is 0 Å². The molecule has 5 nitrogen and oxygen atoms in total. The van der Waals surface area contributed by atoms with Crippen molar-refractivity contribution in [1.82, 2.24) is 4.90 Å². The minimum atomic E-state index is -3.13. The Balaban J connectivity index is 1.94. The van der Waals surface area contributed by atoms with Gasteiger partial charge in [-0.15, -0.1) is 0 Å². The first-order chi connectivity index (χ1) is 10.9. The molecule has 3 rings (SSSR count). The van der Waals surface area contributed by atoms with E-state index in [1.165, 1.54) is 0 Å². The van der Waals surface area contributed by atoms with E-state index < -0.39 is 9.84 Å². The van der Waals surface area contributed by atoms with Crippen LogP contribution in [0.1, 0.15) is 19.8 Å². The number of anilines is 1. The van der Waals surface area contributed by atoms with Crippen molar-refractivity contribution >= 4 is 33.0 Å². The summed E-state index contributed by atoms with van der Waals surface area (Å²) in [7, 11) is -3.13. The number of benzene rings is 1. The van der Waals surface area contributed by atoms with E-state index in [1.54, 1.807) is 23.1 Å². The first-order valence-electron chi connectivity index (χ1n) is 7.93. The number of sulfone groups is 1. The summed E-state index contributed by atoms with van der Waals surface area (Å²) in [6, 6.07) is 6.62. The number of piperazine rings is 1. The molecule has 2 aliphatic heterocycles. The van der Waals surface area contributed by atoms with Crippen molar-refractivity contribution in [2.75, 3.05) is 29.5 Å². The number of hydrogen-bond acceptors (Lipinski definition) is 4. The number of unbranched alkanes of at least 4 members (excludes halogenated alkanes) is 1. The molecule has 2 atom stereocenters. The highest BCUT2D eigenvalue weighted by atomic mass is 35.5. The van der Waals surface area contributed by atoms with Gasteiger partial charge in [-0.05, 0) is 31.2 Å². The molecule has 2 saturated heterocycles. The molecule has 126 valence electrons. The van der Waals surface area contributed by atoms with Crippen LogP contribution < -0.4 is 4.90 Å². The molecule has 1 amide bonds. The maximum Gasteiger partial charge on any atom is 0.241 e. The van der Waals surface area contributed by atoms with Gasteiger partial charge in [0, 0.05) is 16.8 Å². The summed E-state index contributed by atoms with van der Waals surface area (Å²) in [6.07, 6.45) is 1.99. The lowest BCUT2D eigenvalue weighted by Gasteiger charge is -2.43. The van der Waals surface area contributed by atoms with E-state index in [9.17, 15) is 13.2 Å². The summed E-state index contributed by atoms with van der Waals surface area (Å²) >= 11 is 6.04. The van der Waals surface area contributed by atoms with Crippen LogP contribution >= 0.6 is 11.6 Å². The van der Waals surface area contributed by atoms with Crippen molar-refractivity contribution in [3.05, 3.63) is 29.3 Å². The third-order valence-corrected chi connectivity index (χ3v) is 6.52. The van der Waals surface area contributed by atoms with Crippen LogP contribution in [0.4, 0.5) is 5.69 Å². The minimum Gasteiger partial charge on any atom is -0.306 e. The Hall–Kier alpha value is -1.11. The van der Waals surface area contributed by atoms with Gasteiger partial charge in [0.25, 0.3) is 0 Å². The smallest absolute Gasteiger partial charge is 0.241 e. The summed E-state index contributed by atoms with van der Waals surface area (Å²) in [6.45, 7) is 3.12. The van der Waals surface area contributed by atoms with E-state index in [2.05, 4.69) is 6.92 Å². The quantitative estimate of drug-likeness (QED) is 0.827. The van der Waals surface area contributed by atoms with Crippen LogP contribution in [0.5, 0.6) is 0 Å². The van der Waals surface area contributed by atoms with Crippen molar-refractivity contribution in [2.24, 2.45) is 0 Å². The Bertz CT molecular complexity index is 707. The van der Waals surface area contributed by atoms with E-state index in [1.807, 2.05) is 11.0 Å². The first-order valence-corrected chi connectivity index (χ1v) is 10.1. The maximum atomic E-state index is 12.7. The van der Waals surface area contributed by atoms with Crippen LogP contribution in [0.3, 0.4) is 0 Å². The third kappa shape index (κ3) is 3.39. The molecule has 0 bridgehead atoms. The van der Waals surface area contributed by atoms with E-state index in [0.29, 0.717) is 10.7 Å². The number of carbonyl (C=O) groups is 1. The third-order valence-electron chi connectivity index (χ3n) is 4.59. The maximum absolute atomic E-state index is 12.7. The van der Waals surface area contributed by atoms with Crippen molar-refractivity contribution in [1.29, 1.82) is 0 Å². The standard InChI is InChI=1S/C16H21ClN2O3S/c1-2-3-7-18-9-16(20)19(13-6-4-5-12(17)8-13)15-11-23(21,22)10-14(15)18/h4-6,8,14-15H,2-3,7,9-11H2,1H3. The number of nitrogens with zero attached hydrogens (tertiary/aromatic N) is 2. The van der Waals surface area contributed by atoms with Gasteiger partial charge in [-0.25, -0.2) is 8.42 Å². The summed E-state index contributed by atoms with van der Waals surface area (Å²) in [5.41, 5.74) is 0.685. The molecule has 0 N–H and O–H groups in total. The molecule has 0 spiro atoms. The van der Waals surface area contributed by atoms with Crippen LogP contribution in [0, 0.1) is 0 Å². The van der Waals surface area contributed by atoms with Gasteiger partial charge in [-0.3, -0.25) is 9.69 Å². The Morgan fingerprint density at radius 2 is 2.00 bits per heavy atom. The van der Waals surface area contributed by atoms with Gasteiger partial charge in [0.05, 0.1) is 24.1 Å². The second-order valence-electron chi connectivity index (χ2n) is 6.28. The lowest BCUT2D eigenvalue weighted by atomic mass is 10.0. The number of rotatable bonds is 4. The van der Waals surface area contributed by atoms with E-state index >= 15 is 0 Å². The molecule has 1 aromatic carbocycles. The van der Waals surface area contributed by atoms with Gasteiger partial charge >= 0.3 is 0 Å². The Morgan fingerprint density at radius 1 is 1.26 bits per heavy atom. The number of hydrogen-bond donors (Lipinski definition) is 0. The van der Waals surface area contributed by atoms with Gasteiger partial charge in [-0.2, -0.15) is 0 Å². The molecule has 2 unspecified atom stereocenters. The SMILES string of the molecule is CCCCN1CC(=O)N(c2cccc(Cl)c2)C2CS(=O)(=O)CC21. The molecule has 0 saturated carbocycles. The van der Waals surface area contributed by atoms with Gasteiger partial charge in [0.2, 0.25) is 5.91 Å².